The van der Waals surface area contributed by atoms with Gasteiger partial charge in [-0.1, -0.05) is 0 Å². The second kappa shape index (κ2) is 5.14. The average Bonchev–Trinajstić information content (AvgIpc) is 2.80. The third-order valence-electron chi connectivity index (χ3n) is 2.97. The van der Waals surface area contributed by atoms with Crippen LogP contribution in [-0.2, 0) is 0 Å². The Labute approximate surface area is 125 Å². The Hall–Kier alpha value is -2.47. The molecule has 0 aliphatic carbocycles. The van der Waals surface area contributed by atoms with E-state index in [2.05, 4.69) is 15.3 Å². The van der Waals surface area contributed by atoms with Crippen LogP contribution in [0.5, 0.6) is 0 Å². The lowest BCUT2D eigenvalue weighted by Gasteiger charge is -2.03. The molecule has 106 valence electrons. The van der Waals surface area contributed by atoms with Gasteiger partial charge in [0.25, 0.3) is 5.91 Å². The zero-order chi connectivity index (χ0) is 15.0. The standard InChI is InChI=1S/C15H14N4OS/c1-8-5-9(2)18-15(17-8)19-14(20)13-7-10-6-11(16)3-4-12(10)21-13/h3-7H,16H2,1-2H3,(H,17,18,19,20). The molecular formula is C15H14N4OS. The maximum Gasteiger partial charge on any atom is 0.268 e. The highest BCUT2D eigenvalue weighted by molar-refractivity contribution is 7.20. The van der Waals surface area contributed by atoms with Gasteiger partial charge in [0.15, 0.2) is 0 Å². The van der Waals surface area contributed by atoms with Crippen LogP contribution in [0.4, 0.5) is 11.6 Å². The van der Waals surface area contributed by atoms with Gasteiger partial charge in [0.05, 0.1) is 4.88 Å². The number of carbonyl (C=O) groups is 1. The first-order valence-corrected chi connectivity index (χ1v) is 7.25. The Balaban J connectivity index is 1.89. The molecule has 0 radical (unpaired) electrons. The number of nitrogens with one attached hydrogen (secondary N) is 1. The predicted octanol–water partition coefficient (Wildman–Crippen LogP) is 3.14. The van der Waals surface area contributed by atoms with E-state index in [-0.39, 0.29) is 5.91 Å². The van der Waals surface area contributed by atoms with Crippen molar-refractivity contribution in [3.05, 3.63) is 46.6 Å². The summed E-state index contributed by atoms with van der Waals surface area (Å²) in [5, 5.41) is 3.70. The number of benzene rings is 1. The number of rotatable bonds is 2. The fraction of sp³-hybridized carbons (Fsp3) is 0.133. The minimum absolute atomic E-state index is 0.209. The van der Waals surface area contributed by atoms with E-state index < -0.39 is 0 Å². The average molecular weight is 298 g/mol. The molecule has 0 spiro atoms. The first kappa shape index (κ1) is 13.5. The number of hydrogen-bond donors (Lipinski definition) is 2. The number of nitrogens with zero attached hydrogens (tertiary/aromatic N) is 2. The summed E-state index contributed by atoms with van der Waals surface area (Å²) in [5.74, 6) is 0.120. The number of fused-ring (bicyclic) bond motifs is 1. The first-order valence-electron chi connectivity index (χ1n) is 6.44. The second-order valence-corrected chi connectivity index (χ2v) is 5.92. The Bertz CT molecular complexity index is 821. The Kier molecular flexibility index (Phi) is 3.31. The van der Waals surface area contributed by atoms with Crippen LogP contribution in [0.1, 0.15) is 21.1 Å². The van der Waals surface area contributed by atoms with Crippen molar-refractivity contribution in [2.24, 2.45) is 0 Å². The molecule has 0 saturated carbocycles. The summed E-state index contributed by atoms with van der Waals surface area (Å²) in [6.45, 7) is 3.74. The third-order valence-corrected chi connectivity index (χ3v) is 4.09. The summed E-state index contributed by atoms with van der Waals surface area (Å²) in [6, 6.07) is 9.29. The van der Waals surface area contributed by atoms with Gasteiger partial charge in [-0.2, -0.15) is 0 Å². The molecule has 0 unspecified atom stereocenters. The molecule has 0 aliphatic heterocycles. The Morgan fingerprint density at radius 3 is 2.57 bits per heavy atom. The van der Waals surface area contributed by atoms with Crippen LogP contribution in [0, 0.1) is 13.8 Å². The fourth-order valence-corrected chi connectivity index (χ4v) is 3.06. The molecular weight excluding hydrogens is 284 g/mol. The molecule has 3 N–H and O–H groups in total. The molecule has 0 aliphatic rings. The summed E-state index contributed by atoms with van der Waals surface area (Å²) in [6.07, 6.45) is 0. The number of thiophene rings is 1. The zero-order valence-corrected chi connectivity index (χ0v) is 12.5. The maximum absolute atomic E-state index is 12.3. The zero-order valence-electron chi connectivity index (χ0n) is 11.7. The second-order valence-electron chi connectivity index (χ2n) is 4.84. The van der Waals surface area contributed by atoms with E-state index in [1.54, 1.807) is 0 Å². The Morgan fingerprint density at radius 1 is 1.14 bits per heavy atom. The predicted molar refractivity (Wildman–Crippen MR) is 85.7 cm³/mol. The van der Waals surface area contributed by atoms with Crippen molar-refractivity contribution in [2.75, 3.05) is 11.1 Å². The van der Waals surface area contributed by atoms with Crippen molar-refractivity contribution < 1.29 is 4.79 Å². The largest absolute Gasteiger partial charge is 0.399 e. The lowest BCUT2D eigenvalue weighted by Crippen LogP contribution is -2.13. The van der Waals surface area contributed by atoms with Crippen LogP contribution >= 0.6 is 11.3 Å². The molecule has 0 atom stereocenters. The molecule has 1 aromatic carbocycles. The number of carbonyl (C=O) groups excluding carboxylic acids is 1. The van der Waals surface area contributed by atoms with Crippen LogP contribution in [0.2, 0.25) is 0 Å². The van der Waals surface area contributed by atoms with Crippen LogP contribution in [0.15, 0.2) is 30.3 Å². The third kappa shape index (κ3) is 2.85. The van der Waals surface area contributed by atoms with Crippen molar-refractivity contribution in [1.29, 1.82) is 0 Å². The number of amides is 1. The monoisotopic (exact) mass is 298 g/mol. The Morgan fingerprint density at radius 2 is 1.86 bits per heavy atom. The molecule has 21 heavy (non-hydrogen) atoms. The lowest BCUT2D eigenvalue weighted by molar-refractivity contribution is 0.102. The quantitative estimate of drug-likeness (QED) is 0.712. The molecule has 5 nitrogen and oxygen atoms in total. The van der Waals surface area contributed by atoms with E-state index in [4.69, 9.17) is 5.73 Å². The van der Waals surface area contributed by atoms with E-state index in [1.807, 2.05) is 44.2 Å². The number of anilines is 2. The van der Waals surface area contributed by atoms with Crippen LogP contribution in [-0.4, -0.2) is 15.9 Å². The minimum Gasteiger partial charge on any atom is -0.399 e. The van der Waals surface area contributed by atoms with Gasteiger partial charge >= 0.3 is 0 Å². The van der Waals surface area contributed by atoms with Crippen LogP contribution in [0.3, 0.4) is 0 Å². The lowest BCUT2D eigenvalue weighted by atomic mass is 10.2. The summed E-state index contributed by atoms with van der Waals surface area (Å²) < 4.78 is 1.02. The molecule has 2 aromatic heterocycles. The molecule has 0 bridgehead atoms. The number of hydrogen-bond acceptors (Lipinski definition) is 5. The van der Waals surface area contributed by atoms with Crippen molar-refractivity contribution in [1.82, 2.24) is 9.97 Å². The molecule has 3 rings (SSSR count). The van der Waals surface area contributed by atoms with E-state index in [0.717, 1.165) is 21.5 Å². The molecule has 1 amide bonds. The van der Waals surface area contributed by atoms with Gasteiger partial charge in [0.1, 0.15) is 0 Å². The first-order chi connectivity index (χ1) is 10.0. The van der Waals surface area contributed by atoms with Gasteiger partial charge in [0, 0.05) is 21.8 Å². The van der Waals surface area contributed by atoms with Crippen molar-refractivity contribution in [2.45, 2.75) is 13.8 Å². The number of aryl methyl sites for hydroxylation is 2. The van der Waals surface area contributed by atoms with E-state index in [9.17, 15) is 4.79 Å². The number of aromatic nitrogens is 2. The highest BCUT2D eigenvalue weighted by Gasteiger charge is 2.12. The van der Waals surface area contributed by atoms with Gasteiger partial charge in [0.2, 0.25) is 5.95 Å². The van der Waals surface area contributed by atoms with Gasteiger partial charge in [-0.15, -0.1) is 11.3 Å². The van der Waals surface area contributed by atoms with Crippen molar-refractivity contribution in [3.8, 4) is 0 Å². The summed E-state index contributed by atoms with van der Waals surface area (Å²) in [4.78, 5) is 21.3. The number of nitrogens with two attached hydrogens (primary N) is 1. The molecule has 2 heterocycles. The normalized spacial score (nSPS) is 10.8. The van der Waals surface area contributed by atoms with Gasteiger partial charge in [-0.05, 0) is 49.6 Å². The SMILES string of the molecule is Cc1cc(C)nc(NC(=O)c2cc3cc(N)ccc3s2)n1. The van der Waals surface area contributed by atoms with Crippen molar-refractivity contribution in [3.63, 3.8) is 0 Å². The minimum atomic E-state index is -0.209. The molecule has 3 aromatic rings. The maximum atomic E-state index is 12.3. The van der Waals surface area contributed by atoms with E-state index >= 15 is 0 Å². The van der Waals surface area contributed by atoms with Gasteiger partial charge < -0.3 is 5.73 Å². The van der Waals surface area contributed by atoms with Crippen LogP contribution in [0.25, 0.3) is 10.1 Å². The summed E-state index contributed by atoms with van der Waals surface area (Å²) >= 11 is 1.42. The molecule has 0 fully saturated rings. The van der Waals surface area contributed by atoms with Gasteiger partial charge in [-0.3, -0.25) is 10.1 Å². The fourth-order valence-electron chi connectivity index (χ4n) is 2.12. The summed E-state index contributed by atoms with van der Waals surface area (Å²) in [7, 11) is 0. The summed E-state index contributed by atoms with van der Waals surface area (Å²) in [5.41, 5.74) is 8.08. The highest BCUT2D eigenvalue weighted by atomic mass is 32.1. The number of nitrogen functional groups attached to an aromatic ring is 1. The van der Waals surface area contributed by atoms with E-state index in [0.29, 0.717) is 16.5 Å². The van der Waals surface area contributed by atoms with E-state index in [1.165, 1.54) is 11.3 Å². The van der Waals surface area contributed by atoms with Gasteiger partial charge in [-0.25, -0.2) is 9.97 Å². The molecule has 6 heteroatoms. The van der Waals surface area contributed by atoms with Crippen molar-refractivity contribution >= 4 is 39.0 Å². The highest BCUT2D eigenvalue weighted by Crippen LogP contribution is 2.27. The smallest absolute Gasteiger partial charge is 0.268 e. The topological polar surface area (TPSA) is 80.9 Å². The molecule has 0 saturated heterocycles. The van der Waals surface area contributed by atoms with Crippen LogP contribution < -0.4 is 11.1 Å².